The Labute approximate surface area is 162 Å². The van der Waals surface area contributed by atoms with E-state index in [2.05, 4.69) is 15.4 Å². The first-order valence-corrected chi connectivity index (χ1v) is 9.11. The zero-order valence-electron chi connectivity index (χ0n) is 16.0. The Morgan fingerprint density at radius 1 is 1.14 bits per heavy atom. The van der Waals surface area contributed by atoms with Gasteiger partial charge in [0, 0.05) is 22.3 Å². The molecule has 0 fully saturated rings. The molecule has 5 nitrogen and oxygen atoms in total. The third-order valence-corrected chi connectivity index (χ3v) is 4.83. The molecule has 0 unspecified atom stereocenters. The summed E-state index contributed by atoms with van der Waals surface area (Å²) >= 11 is 0. The lowest BCUT2D eigenvalue weighted by atomic mass is 10.1. The minimum Gasteiger partial charge on any atom is -0.358 e. The minimum atomic E-state index is -0.317. The lowest BCUT2D eigenvalue weighted by Crippen LogP contribution is -2.16. The van der Waals surface area contributed by atoms with Crippen molar-refractivity contribution < 1.29 is 9.18 Å². The normalized spacial score (nSPS) is 11.1. The monoisotopic (exact) mass is 376 g/mol. The van der Waals surface area contributed by atoms with Crippen molar-refractivity contribution in [3.8, 4) is 5.69 Å². The zero-order valence-corrected chi connectivity index (χ0v) is 16.0. The number of rotatable bonds is 4. The highest BCUT2D eigenvalue weighted by Gasteiger charge is 2.15. The maximum absolute atomic E-state index is 13.7. The average Bonchev–Trinajstić information content (AvgIpc) is 3.14. The van der Waals surface area contributed by atoms with Crippen LogP contribution in [-0.4, -0.2) is 20.7 Å². The highest BCUT2D eigenvalue weighted by molar-refractivity contribution is 5.97. The molecular weight excluding hydrogens is 355 g/mol. The fourth-order valence-corrected chi connectivity index (χ4v) is 3.57. The first kappa shape index (κ1) is 18.0. The number of aromatic amines is 1. The molecule has 2 aromatic carbocycles. The van der Waals surface area contributed by atoms with Crippen LogP contribution in [0, 0.1) is 26.6 Å². The van der Waals surface area contributed by atoms with Crippen LogP contribution in [0.1, 0.15) is 22.6 Å². The molecule has 28 heavy (non-hydrogen) atoms. The van der Waals surface area contributed by atoms with Crippen LogP contribution in [0.5, 0.6) is 0 Å². The Morgan fingerprint density at radius 3 is 2.68 bits per heavy atom. The molecule has 0 aliphatic rings. The van der Waals surface area contributed by atoms with Crippen molar-refractivity contribution in [1.82, 2.24) is 14.8 Å². The number of aromatic nitrogens is 3. The summed E-state index contributed by atoms with van der Waals surface area (Å²) in [5.74, 6) is -0.481. The summed E-state index contributed by atoms with van der Waals surface area (Å²) in [5.41, 5.74) is 5.88. The number of halogens is 1. The van der Waals surface area contributed by atoms with Crippen molar-refractivity contribution in [1.29, 1.82) is 0 Å². The molecule has 2 N–H and O–H groups in total. The van der Waals surface area contributed by atoms with Crippen LogP contribution >= 0.6 is 0 Å². The smallest absolute Gasteiger partial charge is 0.228 e. The van der Waals surface area contributed by atoms with E-state index in [0.717, 1.165) is 39.2 Å². The molecule has 0 atom stereocenters. The zero-order chi connectivity index (χ0) is 19.8. The van der Waals surface area contributed by atoms with Gasteiger partial charge in [0.1, 0.15) is 5.82 Å². The number of fused-ring (bicyclic) bond motifs is 1. The summed E-state index contributed by atoms with van der Waals surface area (Å²) in [6.45, 7) is 5.80. The molecule has 0 saturated carbocycles. The quantitative estimate of drug-likeness (QED) is 0.547. The van der Waals surface area contributed by atoms with Gasteiger partial charge in [0.2, 0.25) is 5.91 Å². The number of nitrogens with one attached hydrogen (secondary N) is 2. The van der Waals surface area contributed by atoms with Crippen LogP contribution in [0.15, 0.2) is 48.5 Å². The van der Waals surface area contributed by atoms with Crippen LogP contribution in [0.3, 0.4) is 0 Å². The van der Waals surface area contributed by atoms with Crippen molar-refractivity contribution in [3.63, 3.8) is 0 Å². The number of hydrogen-bond donors (Lipinski definition) is 2. The van der Waals surface area contributed by atoms with Crippen LogP contribution < -0.4 is 5.32 Å². The van der Waals surface area contributed by atoms with Gasteiger partial charge in [-0.1, -0.05) is 12.1 Å². The number of benzene rings is 2. The Morgan fingerprint density at radius 2 is 1.93 bits per heavy atom. The van der Waals surface area contributed by atoms with Gasteiger partial charge < -0.3 is 10.3 Å². The molecule has 0 bridgehead atoms. The van der Waals surface area contributed by atoms with E-state index in [9.17, 15) is 9.18 Å². The Hall–Kier alpha value is -3.41. The second-order valence-corrected chi connectivity index (χ2v) is 7.00. The standard InChI is InChI=1S/C22H21FN4O/c1-13-10-14(2)27(26-13)21-7-5-4-6-20(21)25-22(28)12-17-15(3)24-19-9-8-16(23)11-18(17)19/h4-11,24H,12H2,1-3H3,(H,25,28). The topological polar surface area (TPSA) is 62.7 Å². The lowest BCUT2D eigenvalue weighted by Gasteiger charge is -2.12. The molecule has 6 heteroatoms. The van der Waals surface area contributed by atoms with E-state index in [1.165, 1.54) is 12.1 Å². The fraction of sp³-hybridized carbons (Fsp3) is 0.182. The van der Waals surface area contributed by atoms with E-state index in [1.54, 1.807) is 6.07 Å². The molecule has 1 amide bonds. The predicted octanol–water partition coefficient (Wildman–Crippen LogP) is 4.60. The first-order valence-electron chi connectivity index (χ1n) is 9.11. The largest absolute Gasteiger partial charge is 0.358 e. The summed E-state index contributed by atoms with van der Waals surface area (Å²) in [5, 5.41) is 8.23. The third kappa shape index (κ3) is 3.29. The number of H-pyrrole nitrogens is 1. The molecule has 2 heterocycles. The molecular formula is C22H21FN4O. The van der Waals surface area contributed by atoms with Crippen LogP contribution in [0.25, 0.3) is 16.6 Å². The summed E-state index contributed by atoms with van der Waals surface area (Å²) in [6, 6.07) is 14.1. The maximum atomic E-state index is 13.7. The molecule has 0 aliphatic heterocycles. The maximum Gasteiger partial charge on any atom is 0.228 e. The Kier molecular flexibility index (Phi) is 4.47. The molecule has 4 aromatic rings. The Bertz CT molecular complexity index is 1190. The van der Waals surface area contributed by atoms with Crippen molar-refractivity contribution in [2.24, 2.45) is 0 Å². The van der Waals surface area contributed by atoms with Crippen molar-refractivity contribution in [2.45, 2.75) is 27.2 Å². The van der Waals surface area contributed by atoms with Gasteiger partial charge in [0.25, 0.3) is 0 Å². The van der Waals surface area contributed by atoms with Gasteiger partial charge in [0.15, 0.2) is 0 Å². The predicted molar refractivity (Wildman–Crippen MR) is 108 cm³/mol. The van der Waals surface area contributed by atoms with Crippen LogP contribution in [0.2, 0.25) is 0 Å². The number of carbonyl (C=O) groups is 1. The molecule has 2 aromatic heterocycles. The van der Waals surface area contributed by atoms with E-state index in [1.807, 2.05) is 55.8 Å². The summed E-state index contributed by atoms with van der Waals surface area (Å²) in [6.07, 6.45) is 0.154. The average molecular weight is 376 g/mol. The molecule has 0 saturated heterocycles. The second kappa shape index (κ2) is 6.96. The number of nitrogens with zero attached hydrogens (tertiary/aromatic N) is 2. The summed E-state index contributed by atoms with van der Waals surface area (Å²) < 4.78 is 15.5. The molecule has 4 rings (SSSR count). The van der Waals surface area contributed by atoms with E-state index in [-0.39, 0.29) is 18.1 Å². The number of carbonyl (C=O) groups excluding carboxylic acids is 1. The van der Waals surface area contributed by atoms with Gasteiger partial charge in [-0.25, -0.2) is 9.07 Å². The lowest BCUT2D eigenvalue weighted by molar-refractivity contribution is -0.115. The summed E-state index contributed by atoms with van der Waals surface area (Å²) in [4.78, 5) is 16.0. The molecule has 0 radical (unpaired) electrons. The van der Waals surface area contributed by atoms with E-state index in [0.29, 0.717) is 5.69 Å². The molecule has 0 spiro atoms. The van der Waals surface area contributed by atoms with Gasteiger partial charge in [0.05, 0.1) is 23.5 Å². The van der Waals surface area contributed by atoms with Crippen LogP contribution in [-0.2, 0) is 11.2 Å². The van der Waals surface area contributed by atoms with Gasteiger partial charge in [-0.2, -0.15) is 5.10 Å². The second-order valence-electron chi connectivity index (χ2n) is 7.00. The van der Waals surface area contributed by atoms with Crippen molar-refractivity contribution in [2.75, 3.05) is 5.32 Å². The van der Waals surface area contributed by atoms with E-state index in [4.69, 9.17) is 0 Å². The van der Waals surface area contributed by atoms with Crippen molar-refractivity contribution in [3.05, 3.63) is 77.0 Å². The highest BCUT2D eigenvalue weighted by Crippen LogP contribution is 2.25. The van der Waals surface area contributed by atoms with Crippen molar-refractivity contribution >= 4 is 22.5 Å². The number of anilines is 1. The highest BCUT2D eigenvalue weighted by atomic mass is 19.1. The number of para-hydroxylation sites is 2. The van der Waals surface area contributed by atoms with Gasteiger partial charge in [-0.15, -0.1) is 0 Å². The molecule has 142 valence electrons. The molecule has 0 aliphatic carbocycles. The van der Waals surface area contributed by atoms with E-state index < -0.39 is 0 Å². The number of hydrogen-bond acceptors (Lipinski definition) is 2. The summed E-state index contributed by atoms with van der Waals surface area (Å²) in [7, 11) is 0. The fourth-order valence-electron chi connectivity index (χ4n) is 3.57. The number of aryl methyl sites for hydroxylation is 3. The van der Waals surface area contributed by atoms with Gasteiger partial charge in [-0.3, -0.25) is 4.79 Å². The minimum absolute atomic E-state index is 0.154. The van der Waals surface area contributed by atoms with E-state index >= 15 is 0 Å². The van der Waals surface area contributed by atoms with Gasteiger partial charge >= 0.3 is 0 Å². The third-order valence-electron chi connectivity index (χ3n) is 4.83. The van der Waals surface area contributed by atoms with Crippen LogP contribution in [0.4, 0.5) is 10.1 Å². The first-order chi connectivity index (χ1) is 13.4. The SMILES string of the molecule is Cc1cc(C)n(-c2ccccc2NC(=O)Cc2c(C)[nH]c3ccc(F)cc23)n1. The number of amides is 1. The Balaban J connectivity index is 1.63. The van der Waals surface area contributed by atoms with Gasteiger partial charge in [-0.05, 0) is 62.7 Å².